The minimum atomic E-state index is -0.0988. The van der Waals surface area contributed by atoms with Crippen molar-refractivity contribution in [2.24, 2.45) is 4.36 Å². The Hall–Kier alpha value is -1.21. The van der Waals surface area contributed by atoms with Gasteiger partial charge in [-0.05, 0) is 31.4 Å². The lowest BCUT2D eigenvalue weighted by Gasteiger charge is -2.10. The van der Waals surface area contributed by atoms with Crippen molar-refractivity contribution >= 4 is 10.7 Å². The lowest BCUT2D eigenvalue weighted by atomic mass is 10.1. The van der Waals surface area contributed by atoms with Crippen LogP contribution in [0.15, 0.2) is 22.7 Å². The maximum atomic E-state index is 8.61. The molecule has 1 fully saturated rings. The molecule has 2 rings (SSSR count). The number of nitriles is 1. The Morgan fingerprint density at radius 1 is 1.60 bits per heavy atom. The van der Waals surface area contributed by atoms with Crippen molar-refractivity contribution in [2.45, 2.75) is 25.0 Å². The summed E-state index contributed by atoms with van der Waals surface area (Å²) < 4.78 is 4.01. The first-order chi connectivity index (χ1) is 7.31. The Kier molecular flexibility index (Phi) is 3.12. The van der Waals surface area contributed by atoms with Crippen molar-refractivity contribution in [3.63, 3.8) is 0 Å². The Labute approximate surface area is 92.3 Å². The number of pyridine rings is 1. The Morgan fingerprint density at radius 2 is 2.47 bits per heavy atom. The third kappa shape index (κ3) is 2.24. The zero-order valence-electron chi connectivity index (χ0n) is 8.68. The Morgan fingerprint density at radius 3 is 3.13 bits per heavy atom. The number of rotatable bonds is 1. The molecule has 0 aromatic carbocycles. The molecule has 0 radical (unpaired) electrons. The average molecular weight is 219 g/mol. The highest BCUT2D eigenvalue weighted by Crippen LogP contribution is 2.32. The van der Waals surface area contributed by atoms with E-state index in [2.05, 4.69) is 15.4 Å². The van der Waals surface area contributed by atoms with Crippen LogP contribution in [0.25, 0.3) is 0 Å². The molecule has 2 heterocycles. The molecule has 1 saturated heterocycles. The van der Waals surface area contributed by atoms with Crippen LogP contribution in [0, 0.1) is 18.4 Å². The van der Waals surface area contributed by atoms with Gasteiger partial charge in [-0.25, -0.2) is 0 Å². The van der Waals surface area contributed by atoms with E-state index in [1.54, 1.807) is 0 Å². The van der Waals surface area contributed by atoms with E-state index in [1.165, 1.54) is 12.0 Å². The van der Waals surface area contributed by atoms with E-state index in [1.807, 2.05) is 25.4 Å². The van der Waals surface area contributed by atoms with Crippen LogP contribution in [-0.2, 0) is 10.7 Å². The van der Waals surface area contributed by atoms with Crippen LogP contribution in [-0.4, -0.2) is 10.7 Å². The van der Waals surface area contributed by atoms with E-state index < -0.39 is 0 Å². The van der Waals surface area contributed by atoms with E-state index in [9.17, 15) is 0 Å². The predicted molar refractivity (Wildman–Crippen MR) is 61.2 cm³/mol. The molecule has 3 nitrogen and oxygen atoms in total. The molecule has 0 N–H and O–H groups in total. The second-order valence-corrected chi connectivity index (χ2v) is 5.62. The predicted octanol–water partition coefficient (Wildman–Crippen LogP) is 2.51. The minimum absolute atomic E-state index is 0.0988. The second-order valence-electron chi connectivity index (χ2n) is 3.66. The van der Waals surface area contributed by atoms with Crippen molar-refractivity contribution in [1.82, 2.24) is 4.98 Å². The van der Waals surface area contributed by atoms with Gasteiger partial charge in [-0.3, -0.25) is 4.98 Å². The fraction of sp³-hybridized carbons (Fsp3) is 0.455. The standard InChI is InChI=1S/C11H13N3S/c1-9-4-5-10(7-13-9)11-3-2-6-15(11)14-8-12/h4-5,7,11H,2-3,6H2,1H3. The van der Waals surface area contributed by atoms with Crippen molar-refractivity contribution in [1.29, 1.82) is 5.26 Å². The maximum Gasteiger partial charge on any atom is 0.212 e. The highest BCUT2D eigenvalue weighted by Gasteiger charge is 2.23. The lowest BCUT2D eigenvalue weighted by molar-refractivity contribution is 0.823. The van der Waals surface area contributed by atoms with Crippen molar-refractivity contribution in [2.75, 3.05) is 5.75 Å². The van der Waals surface area contributed by atoms with Gasteiger partial charge in [0.15, 0.2) is 0 Å². The molecule has 0 bridgehead atoms. The first-order valence-corrected chi connectivity index (χ1v) is 6.45. The van der Waals surface area contributed by atoms with Gasteiger partial charge in [0.05, 0.1) is 0 Å². The summed E-state index contributed by atoms with van der Waals surface area (Å²) in [7, 11) is -0.0988. The second kappa shape index (κ2) is 4.54. The largest absolute Gasteiger partial charge is 0.261 e. The quantitative estimate of drug-likeness (QED) is 0.681. The molecule has 15 heavy (non-hydrogen) atoms. The average Bonchev–Trinajstić information content (AvgIpc) is 2.68. The summed E-state index contributed by atoms with van der Waals surface area (Å²) in [6, 6.07) is 4.15. The van der Waals surface area contributed by atoms with Gasteiger partial charge in [-0.15, -0.1) is 0 Å². The molecule has 78 valence electrons. The molecule has 1 aromatic rings. The van der Waals surface area contributed by atoms with Gasteiger partial charge < -0.3 is 0 Å². The van der Waals surface area contributed by atoms with Gasteiger partial charge in [0.25, 0.3) is 0 Å². The summed E-state index contributed by atoms with van der Waals surface area (Å²) >= 11 is 0. The molecule has 0 amide bonds. The van der Waals surface area contributed by atoms with Crippen LogP contribution in [0.1, 0.15) is 29.3 Å². The molecule has 2 atom stereocenters. The molecular weight excluding hydrogens is 206 g/mol. The van der Waals surface area contributed by atoms with Gasteiger partial charge in [0.2, 0.25) is 6.19 Å². The molecule has 0 spiro atoms. The summed E-state index contributed by atoms with van der Waals surface area (Å²) in [6.45, 7) is 1.98. The summed E-state index contributed by atoms with van der Waals surface area (Å²) in [5.41, 5.74) is 2.27. The van der Waals surface area contributed by atoms with Crippen LogP contribution >= 0.6 is 0 Å². The third-order valence-corrected chi connectivity index (χ3v) is 4.80. The van der Waals surface area contributed by atoms with Crippen LogP contribution in [0.5, 0.6) is 0 Å². The first-order valence-electron chi connectivity index (χ1n) is 5.03. The lowest BCUT2D eigenvalue weighted by Crippen LogP contribution is -2.00. The van der Waals surface area contributed by atoms with Gasteiger partial charge in [0, 0.05) is 22.9 Å². The normalized spacial score (nSPS) is 25.3. The Balaban J connectivity index is 2.27. The summed E-state index contributed by atoms with van der Waals surface area (Å²) in [6.07, 6.45) is 6.18. The van der Waals surface area contributed by atoms with Crippen LogP contribution in [0.3, 0.4) is 0 Å². The molecule has 0 aliphatic carbocycles. The summed E-state index contributed by atoms with van der Waals surface area (Å²) in [5, 5.41) is 9.04. The van der Waals surface area contributed by atoms with Crippen molar-refractivity contribution in [3.05, 3.63) is 29.6 Å². The molecule has 1 aliphatic heterocycles. The van der Waals surface area contributed by atoms with Crippen molar-refractivity contribution in [3.8, 4) is 6.19 Å². The summed E-state index contributed by atoms with van der Waals surface area (Å²) in [4.78, 5) is 4.30. The van der Waals surface area contributed by atoms with Crippen LogP contribution in [0.2, 0.25) is 0 Å². The van der Waals surface area contributed by atoms with Gasteiger partial charge >= 0.3 is 0 Å². The van der Waals surface area contributed by atoms with E-state index in [4.69, 9.17) is 5.26 Å². The molecule has 2 unspecified atom stereocenters. The molecule has 1 aromatic heterocycles. The van der Waals surface area contributed by atoms with Gasteiger partial charge in [-0.2, -0.15) is 9.62 Å². The molecule has 1 aliphatic rings. The van der Waals surface area contributed by atoms with Gasteiger partial charge in [-0.1, -0.05) is 16.8 Å². The number of aromatic nitrogens is 1. The van der Waals surface area contributed by atoms with Gasteiger partial charge in [0.1, 0.15) is 0 Å². The van der Waals surface area contributed by atoms with Crippen molar-refractivity contribution < 1.29 is 0 Å². The number of aryl methyl sites for hydroxylation is 1. The number of hydrogen-bond acceptors (Lipinski definition) is 3. The SMILES string of the molecule is Cc1ccc(C2CCC/S2=N\C#N)cn1. The highest BCUT2D eigenvalue weighted by molar-refractivity contribution is 7.87. The smallest absolute Gasteiger partial charge is 0.212 e. The van der Waals surface area contributed by atoms with Crippen LogP contribution < -0.4 is 0 Å². The maximum absolute atomic E-state index is 8.61. The molecular formula is C11H13N3S. The fourth-order valence-corrected chi connectivity index (χ4v) is 3.81. The zero-order chi connectivity index (χ0) is 10.7. The number of hydrogen-bond donors (Lipinski definition) is 0. The minimum Gasteiger partial charge on any atom is -0.261 e. The molecule has 4 heteroatoms. The third-order valence-electron chi connectivity index (χ3n) is 2.61. The zero-order valence-corrected chi connectivity index (χ0v) is 9.50. The van der Waals surface area contributed by atoms with E-state index in [0.717, 1.165) is 17.9 Å². The fourth-order valence-electron chi connectivity index (χ4n) is 1.85. The topological polar surface area (TPSA) is 49.0 Å². The number of nitrogens with zero attached hydrogens (tertiary/aromatic N) is 3. The van der Waals surface area contributed by atoms with E-state index in [0.29, 0.717) is 5.25 Å². The monoisotopic (exact) mass is 219 g/mol. The Bertz CT molecular complexity index is 416. The molecule has 0 saturated carbocycles. The van der Waals surface area contributed by atoms with Crippen LogP contribution in [0.4, 0.5) is 0 Å². The van der Waals surface area contributed by atoms with E-state index >= 15 is 0 Å². The van der Waals surface area contributed by atoms with E-state index in [-0.39, 0.29) is 10.7 Å². The highest BCUT2D eigenvalue weighted by atomic mass is 32.2. The summed E-state index contributed by atoms with van der Waals surface area (Å²) in [5.74, 6) is 1.06. The first kappa shape index (κ1) is 10.3.